The van der Waals surface area contributed by atoms with Crippen LogP contribution in [0.15, 0.2) is 0 Å². The predicted molar refractivity (Wildman–Crippen MR) is 180 cm³/mol. The van der Waals surface area contributed by atoms with Crippen molar-refractivity contribution in [3.63, 3.8) is 0 Å². The van der Waals surface area contributed by atoms with Crippen LogP contribution in [0.2, 0.25) is 0 Å². The SMILES string of the molecule is CCCCC(CC)CO.CCCCC(CO)CCC.CCCCCC(CC)CO.CCCCCC(CO)CCC. The molecule has 0 aromatic rings. The highest BCUT2D eigenvalue weighted by Crippen LogP contribution is 2.15. The van der Waals surface area contributed by atoms with E-state index in [0.29, 0.717) is 50.1 Å². The zero-order valence-electron chi connectivity index (χ0n) is 29.1. The molecule has 0 aliphatic rings. The summed E-state index contributed by atoms with van der Waals surface area (Å²) in [6, 6.07) is 0. The first-order valence-corrected chi connectivity index (χ1v) is 17.8. The van der Waals surface area contributed by atoms with Gasteiger partial charge in [-0.05, 0) is 62.2 Å². The van der Waals surface area contributed by atoms with Gasteiger partial charge in [0.1, 0.15) is 0 Å². The molecule has 0 saturated carbocycles. The fourth-order valence-corrected chi connectivity index (χ4v) is 4.67. The van der Waals surface area contributed by atoms with Crippen LogP contribution in [0.1, 0.15) is 184 Å². The molecular weight excluding hydrogens is 496 g/mol. The zero-order valence-corrected chi connectivity index (χ0v) is 29.1. The molecule has 0 saturated heterocycles. The summed E-state index contributed by atoms with van der Waals surface area (Å²) in [6.45, 7) is 19.0. The number of hydrogen-bond donors (Lipinski definition) is 4. The Kier molecular flexibility index (Phi) is 50.6. The van der Waals surface area contributed by atoms with Gasteiger partial charge in [0.25, 0.3) is 0 Å². The minimum atomic E-state index is 0.372. The Hall–Kier alpha value is -0.160. The average Bonchev–Trinajstić information content (AvgIpc) is 2.98. The van der Waals surface area contributed by atoms with Gasteiger partial charge in [-0.2, -0.15) is 0 Å². The standard InChI is InChI=1S/C10H22O.2C9H20O.C8H18O/c1-3-5-6-8-10(9-11)7-4-2;1-3-5-6-7-9(4-2)8-10;1-3-5-7-9(8-10)6-4-2;1-3-5-6-8(4-2)7-9/h10-11H,3-9H2,1-2H3;2*9-10H,3-8H2,1-2H3;8-9H,3-7H2,1-2H3. The van der Waals surface area contributed by atoms with E-state index in [0.717, 1.165) is 12.8 Å². The fourth-order valence-electron chi connectivity index (χ4n) is 4.67. The Morgan fingerprint density at radius 2 is 0.575 bits per heavy atom. The summed E-state index contributed by atoms with van der Waals surface area (Å²) < 4.78 is 0. The van der Waals surface area contributed by atoms with Gasteiger partial charge in [0.15, 0.2) is 0 Å². The van der Waals surface area contributed by atoms with Crippen molar-refractivity contribution in [1.29, 1.82) is 0 Å². The highest BCUT2D eigenvalue weighted by Gasteiger charge is 2.05. The second-order valence-corrected chi connectivity index (χ2v) is 11.9. The number of aliphatic hydroxyl groups is 4. The lowest BCUT2D eigenvalue weighted by Crippen LogP contribution is -2.05. The van der Waals surface area contributed by atoms with E-state index in [9.17, 15) is 0 Å². The summed E-state index contributed by atoms with van der Waals surface area (Å²) >= 11 is 0. The van der Waals surface area contributed by atoms with Crippen LogP contribution in [0.5, 0.6) is 0 Å². The minimum absolute atomic E-state index is 0.372. The van der Waals surface area contributed by atoms with E-state index in [4.69, 9.17) is 20.4 Å². The molecule has 40 heavy (non-hydrogen) atoms. The molecule has 4 heteroatoms. The van der Waals surface area contributed by atoms with E-state index < -0.39 is 0 Å². The van der Waals surface area contributed by atoms with E-state index in [1.807, 2.05) is 0 Å². The van der Waals surface area contributed by atoms with Gasteiger partial charge in [0, 0.05) is 26.4 Å². The van der Waals surface area contributed by atoms with Crippen molar-refractivity contribution >= 4 is 0 Å². The van der Waals surface area contributed by atoms with Crippen molar-refractivity contribution in [2.45, 2.75) is 184 Å². The third-order valence-corrected chi connectivity index (χ3v) is 7.95. The molecule has 0 spiro atoms. The Morgan fingerprint density at radius 1 is 0.300 bits per heavy atom. The van der Waals surface area contributed by atoms with E-state index in [-0.39, 0.29) is 0 Å². The predicted octanol–water partition coefficient (Wildman–Crippen LogP) is 10.3. The maximum Gasteiger partial charge on any atom is 0.0459 e. The van der Waals surface area contributed by atoms with Crippen molar-refractivity contribution in [3.05, 3.63) is 0 Å². The Labute approximate surface area is 254 Å². The van der Waals surface area contributed by atoms with Gasteiger partial charge >= 0.3 is 0 Å². The normalized spacial score (nSPS) is 13.5. The maximum absolute atomic E-state index is 8.96. The molecule has 0 aromatic heterocycles. The summed E-state index contributed by atoms with van der Waals surface area (Å²) in [4.78, 5) is 0. The highest BCUT2D eigenvalue weighted by molar-refractivity contribution is 4.57. The van der Waals surface area contributed by atoms with E-state index in [1.165, 1.54) is 116 Å². The number of unbranched alkanes of at least 4 members (excludes halogenated alkanes) is 6. The third-order valence-electron chi connectivity index (χ3n) is 7.95. The van der Waals surface area contributed by atoms with E-state index in [2.05, 4.69) is 55.4 Å². The molecule has 0 fully saturated rings. The van der Waals surface area contributed by atoms with Crippen molar-refractivity contribution in [1.82, 2.24) is 0 Å². The number of hydrogen-bond acceptors (Lipinski definition) is 4. The molecule has 4 atom stereocenters. The van der Waals surface area contributed by atoms with Crippen LogP contribution in [0.4, 0.5) is 0 Å². The minimum Gasteiger partial charge on any atom is -0.396 e. The van der Waals surface area contributed by atoms with Crippen LogP contribution in [0.25, 0.3) is 0 Å². The second kappa shape index (κ2) is 43.3. The summed E-state index contributed by atoms with van der Waals surface area (Å²) in [7, 11) is 0. The summed E-state index contributed by atoms with van der Waals surface area (Å²) in [5.74, 6) is 2.27. The quantitative estimate of drug-likeness (QED) is 0.0861. The van der Waals surface area contributed by atoms with Crippen LogP contribution in [0, 0.1) is 23.7 Å². The molecule has 0 amide bonds. The first-order valence-electron chi connectivity index (χ1n) is 17.8. The van der Waals surface area contributed by atoms with Crippen LogP contribution in [-0.2, 0) is 0 Å². The summed E-state index contributed by atoms with van der Waals surface area (Å²) in [5.41, 5.74) is 0. The van der Waals surface area contributed by atoms with Crippen LogP contribution in [0.3, 0.4) is 0 Å². The Balaban J connectivity index is -0.000000217. The molecule has 0 radical (unpaired) electrons. The molecule has 4 unspecified atom stereocenters. The van der Waals surface area contributed by atoms with Gasteiger partial charge in [-0.3, -0.25) is 0 Å². The lowest BCUT2D eigenvalue weighted by molar-refractivity contribution is 0.207. The number of aliphatic hydroxyl groups excluding tert-OH is 4. The highest BCUT2D eigenvalue weighted by atomic mass is 16.3. The fraction of sp³-hybridized carbons (Fsp3) is 1.00. The lowest BCUT2D eigenvalue weighted by atomic mass is 9.98. The molecule has 0 bridgehead atoms. The first kappa shape index (κ1) is 46.8. The average molecular weight is 577 g/mol. The van der Waals surface area contributed by atoms with Crippen LogP contribution >= 0.6 is 0 Å². The van der Waals surface area contributed by atoms with Gasteiger partial charge in [-0.25, -0.2) is 0 Å². The lowest BCUT2D eigenvalue weighted by Gasteiger charge is -2.11. The molecule has 0 aliphatic heterocycles. The molecule has 248 valence electrons. The van der Waals surface area contributed by atoms with Crippen molar-refractivity contribution in [2.24, 2.45) is 23.7 Å². The van der Waals surface area contributed by atoms with Gasteiger partial charge in [-0.1, -0.05) is 145 Å². The molecule has 4 nitrogen and oxygen atoms in total. The maximum atomic E-state index is 8.96. The van der Waals surface area contributed by atoms with Crippen LogP contribution < -0.4 is 0 Å². The molecule has 0 heterocycles. The monoisotopic (exact) mass is 577 g/mol. The molecule has 0 aromatic carbocycles. The first-order chi connectivity index (χ1) is 19.4. The number of rotatable bonds is 24. The Morgan fingerprint density at radius 3 is 0.825 bits per heavy atom. The third kappa shape index (κ3) is 40.0. The van der Waals surface area contributed by atoms with Crippen molar-refractivity contribution in [2.75, 3.05) is 26.4 Å². The van der Waals surface area contributed by atoms with E-state index in [1.54, 1.807) is 0 Å². The zero-order chi connectivity index (χ0) is 31.3. The largest absolute Gasteiger partial charge is 0.396 e. The van der Waals surface area contributed by atoms with Gasteiger partial charge < -0.3 is 20.4 Å². The van der Waals surface area contributed by atoms with Crippen molar-refractivity contribution in [3.8, 4) is 0 Å². The molecule has 4 N–H and O–H groups in total. The topological polar surface area (TPSA) is 80.9 Å². The molecule has 0 rings (SSSR count). The van der Waals surface area contributed by atoms with Gasteiger partial charge in [0.05, 0.1) is 0 Å². The second-order valence-electron chi connectivity index (χ2n) is 11.9. The molecule has 0 aliphatic carbocycles. The molecular formula is C36H80O4. The van der Waals surface area contributed by atoms with Crippen LogP contribution in [-0.4, -0.2) is 46.9 Å². The van der Waals surface area contributed by atoms with E-state index >= 15 is 0 Å². The Bertz CT molecular complexity index is 383. The van der Waals surface area contributed by atoms with Gasteiger partial charge in [-0.15, -0.1) is 0 Å². The smallest absolute Gasteiger partial charge is 0.0459 e. The van der Waals surface area contributed by atoms with Crippen molar-refractivity contribution < 1.29 is 20.4 Å². The summed E-state index contributed by atoms with van der Waals surface area (Å²) in [6.07, 6.45) is 24.7. The summed E-state index contributed by atoms with van der Waals surface area (Å²) in [5, 5.41) is 35.4. The van der Waals surface area contributed by atoms with Gasteiger partial charge in [0.2, 0.25) is 0 Å².